The van der Waals surface area contributed by atoms with Gasteiger partial charge in [0.05, 0.1) is 98.6 Å². The highest BCUT2D eigenvalue weighted by Gasteiger charge is 2.36. The van der Waals surface area contributed by atoms with Crippen LogP contribution in [0.5, 0.6) is 57.5 Å². The topological polar surface area (TPSA) is 114 Å². The first-order chi connectivity index (χ1) is 25.3. The zero-order valence-corrected chi connectivity index (χ0v) is 31.5. The summed E-state index contributed by atoms with van der Waals surface area (Å²) in [4.78, 5) is 1.92. The van der Waals surface area contributed by atoms with Gasteiger partial charge in [-0.05, 0) is 48.5 Å². The summed E-state index contributed by atoms with van der Waals surface area (Å²) in [5.41, 5.74) is 2.76. The van der Waals surface area contributed by atoms with E-state index in [9.17, 15) is 10.2 Å². The van der Waals surface area contributed by atoms with E-state index in [1.165, 1.54) is 22.7 Å². The minimum Gasteiger partial charge on any atom is -0.506 e. The lowest BCUT2D eigenvalue weighted by molar-refractivity contribution is 0.396. The van der Waals surface area contributed by atoms with Crippen LogP contribution in [0.3, 0.4) is 0 Å². The number of methoxy groups -OCH3 is 8. The van der Waals surface area contributed by atoms with Crippen molar-refractivity contribution in [3.63, 3.8) is 0 Å². The first-order valence-corrected chi connectivity index (χ1v) is 17.5. The largest absolute Gasteiger partial charge is 0.506 e. The Balaban J connectivity index is 1.86. The Hall–Kier alpha value is -5.72. The van der Waals surface area contributed by atoms with E-state index in [2.05, 4.69) is 0 Å². The van der Waals surface area contributed by atoms with Crippen LogP contribution in [0, 0.1) is 0 Å². The first kappa shape index (κ1) is 36.1. The second-order valence-electron chi connectivity index (χ2n) is 11.1. The molecule has 0 saturated heterocycles. The van der Waals surface area contributed by atoms with Crippen molar-refractivity contribution >= 4 is 22.7 Å². The van der Waals surface area contributed by atoms with E-state index in [-0.39, 0.29) is 11.5 Å². The van der Waals surface area contributed by atoms with Crippen molar-refractivity contribution < 1.29 is 48.1 Å². The fourth-order valence-electron chi connectivity index (χ4n) is 6.30. The molecule has 0 fully saturated rings. The Bertz CT molecular complexity index is 1990. The number of aromatic hydroxyl groups is 2. The smallest absolute Gasteiger partial charge is 0.143 e. The maximum atomic E-state index is 12.7. The molecule has 0 aliphatic rings. The second kappa shape index (κ2) is 15.3. The summed E-state index contributed by atoms with van der Waals surface area (Å²) in [6.07, 6.45) is 0. The van der Waals surface area contributed by atoms with Gasteiger partial charge in [0.15, 0.2) is 0 Å². The van der Waals surface area contributed by atoms with E-state index >= 15 is 0 Å². The molecule has 6 rings (SSSR count). The van der Waals surface area contributed by atoms with Gasteiger partial charge in [0, 0.05) is 11.1 Å². The molecule has 0 spiro atoms. The van der Waals surface area contributed by atoms with Gasteiger partial charge in [0.1, 0.15) is 57.5 Å². The highest BCUT2D eigenvalue weighted by molar-refractivity contribution is 7.21. The molecule has 0 radical (unpaired) electrons. The Morgan fingerprint density at radius 1 is 0.308 bits per heavy atom. The number of rotatable bonds is 13. The van der Waals surface area contributed by atoms with Gasteiger partial charge in [0.25, 0.3) is 0 Å². The van der Waals surface area contributed by atoms with Crippen molar-refractivity contribution in [2.75, 3.05) is 56.9 Å². The molecule has 12 heteroatoms. The summed E-state index contributed by atoms with van der Waals surface area (Å²) >= 11 is 2.54. The predicted octanol–water partition coefficient (Wildman–Crippen LogP) is 9.62. The van der Waals surface area contributed by atoms with E-state index in [1.54, 1.807) is 93.3 Å². The fourth-order valence-corrected chi connectivity index (χ4v) is 8.92. The quantitative estimate of drug-likeness (QED) is 0.119. The first-order valence-electron chi connectivity index (χ1n) is 15.9. The van der Waals surface area contributed by atoms with Gasteiger partial charge in [-0.3, -0.25) is 0 Å². The SMILES string of the molecule is COc1cccc(OC)c1-c1sc(-c2c(OC)cccc2OC)c(-c2c(-c3c(OC)cccc3OC)sc(-c3c(OC)cccc3OC)c2O)c1O. The predicted molar refractivity (Wildman–Crippen MR) is 205 cm³/mol. The molecule has 0 bridgehead atoms. The van der Waals surface area contributed by atoms with Gasteiger partial charge in [0.2, 0.25) is 0 Å². The molecule has 2 aromatic heterocycles. The zero-order chi connectivity index (χ0) is 37.1. The van der Waals surface area contributed by atoms with Gasteiger partial charge in [-0.2, -0.15) is 0 Å². The van der Waals surface area contributed by atoms with Crippen molar-refractivity contribution in [3.05, 3.63) is 72.8 Å². The summed E-state index contributed by atoms with van der Waals surface area (Å²) in [5.74, 6) is 3.55. The zero-order valence-electron chi connectivity index (χ0n) is 29.9. The average molecular weight is 743 g/mol. The molecule has 6 aromatic rings. The van der Waals surface area contributed by atoms with Crippen molar-refractivity contribution in [1.29, 1.82) is 0 Å². The third kappa shape index (κ3) is 5.93. The molecular formula is C40H38O10S2. The fraction of sp³-hybridized carbons (Fsp3) is 0.200. The maximum Gasteiger partial charge on any atom is 0.143 e. The van der Waals surface area contributed by atoms with Crippen LogP contribution in [-0.2, 0) is 0 Å². The number of thiophene rings is 2. The van der Waals surface area contributed by atoms with E-state index in [1.807, 2.05) is 36.4 Å². The molecule has 2 heterocycles. The third-order valence-corrected chi connectivity index (χ3v) is 11.1. The van der Waals surface area contributed by atoms with Crippen LogP contribution in [0.25, 0.3) is 52.9 Å². The molecule has 2 N–H and O–H groups in total. The Labute approximate surface area is 309 Å². The van der Waals surface area contributed by atoms with Crippen LogP contribution in [-0.4, -0.2) is 67.1 Å². The Kier molecular flexibility index (Phi) is 10.6. The number of hydrogen-bond donors (Lipinski definition) is 2. The lowest BCUT2D eigenvalue weighted by Gasteiger charge is -2.16. The number of benzene rings is 4. The summed E-state index contributed by atoms with van der Waals surface area (Å²) < 4.78 is 46.8. The third-order valence-electron chi connectivity index (χ3n) is 8.64. The lowest BCUT2D eigenvalue weighted by Crippen LogP contribution is -1.94. The van der Waals surface area contributed by atoms with Gasteiger partial charge in [-0.15, -0.1) is 22.7 Å². The Morgan fingerprint density at radius 3 is 0.692 bits per heavy atom. The monoisotopic (exact) mass is 742 g/mol. The van der Waals surface area contributed by atoms with E-state index in [0.29, 0.717) is 98.9 Å². The Morgan fingerprint density at radius 2 is 0.500 bits per heavy atom. The van der Waals surface area contributed by atoms with Crippen LogP contribution in [0.1, 0.15) is 0 Å². The van der Waals surface area contributed by atoms with Crippen molar-refractivity contribution in [1.82, 2.24) is 0 Å². The van der Waals surface area contributed by atoms with E-state index in [4.69, 9.17) is 37.9 Å². The lowest BCUT2D eigenvalue weighted by atomic mass is 9.95. The van der Waals surface area contributed by atoms with Crippen LogP contribution >= 0.6 is 22.7 Å². The van der Waals surface area contributed by atoms with Crippen LogP contribution < -0.4 is 37.9 Å². The average Bonchev–Trinajstić information content (AvgIpc) is 3.70. The molecule has 10 nitrogen and oxygen atoms in total. The molecule has 0 aliphatic heterocycles. The maximum absolute atomic E-state index is 12.7. The van der Waals surface area contributed by atoms with E-state index in [0.717, 1.165) is 0 Å². The van der Waals surface area contributed by atoms with Crippen LogP contribution in [0.15, 0.2) is 72.8 Å². The molecule has 0 atom stereocenters. The molecule has 0 aliphatic carbocycles. The van der Waals surface area contributed by atoms with Gasteiger partial charge < -0.3 is 48.1 Å². The van der Waals surface area contributed by atoms with Gasteiger partial charge in [-0.25, -0.2) is 0 Å². The van der Waals surface area contributed by atoms with E-state index < -0.39 is 0 Å². The highest BCUT2D eigenvalue weighted by atomic mass is 32.1. The summed E-state index contributed by atoms with van der Waals surface area (Å²) in [6.45, 7) is 0. The number of hydrogen-bond acceptors (Lipinski definition) is 12. The highest BCUT2D eigenvalue weighted by Crippen LogP contribution is 2.65. The van der Waals surface area contributed by atoms with Gasteiger partial charge >= 0.3 is 0 Å². The van der Waals surface area contributed by atoms with Crippen molar-refractivity contribution in [2.24, 2.45) is 0 Å². The van der Waals surface area contributed by atoms with Crippen molar-refractivity contribution in [3.8, 4) is 110 Å². The minimum absolute atomic E-state index is 0.141. The summed E-state index contributed by atoms with van der Waals surface area (Å²) in [6, 6.07) is 21.7. The molecule has 52 heavy (non-hydrogen) atoms. The van der Waals surface area contributed by atoms with Crippen LogP contribution in [0.2, 0.25) is 0 Å². The van der Waals surface area contributed by atoms with Crippen molar-refractivity contribution in [2.45, 2.75) is 0 Å². The molecular weight excluding hydrogens is 705 g/mol. The standard InChI is InChI=1S/C40H38O10S2/c1-43-21-13-9-14-22(44-2)29(21)37-33(35(41)39(51-37)31-25(47-5)17-11-18-26(31)48-6)34-36(42)40(32-27(49-7)19-12-20-28(32)50-8)52-38(34)30-23(45-3)15-10-16-24(30)46-4/h9-20,41-42H,1-8H3. The second-order valence-corrected chi connectivity index (χ2v) is 13.2. The molecule has 0 amide bonds. The summed E-state index contributed by atoms with van der Waals surface area (Å²) in [5, 5.41) is 25.3. The van der Waals surface area contributed by atoms with Gasteiger partial charge in [-0.1, -0.05) is 24.3 Å². The van der Waals surface area contributed by atoms with Crippen LogP contribution in [0.4, 0.5) is 0 Å². The molecule has 0 unspecified atom stereocenters. The molecule has 0 saturated carbocycles. The number of ether oxygens (including phenoxy) is 8. The normalized spacial score (nSPS) is 10.8. The minimum atomic E-state index is -0.141. The molecule has 270 valence electrons. The molecule has 4 aromatic carbocycles. The summed E-state index contributed by atoms with van der Waals surface area (Å²) in [7, 11) is 12.5.